The molecule has 0 bridgehead atoms. The maximum atomic E-state index is 0. The smallest absolute Gasteiger partial charge is 0.693 e. The van der Waals surface area contributed by atoms with Gasteiger partial charge in [0.15, 0.2) is 0 Å². The van der Waals surface area contributed by atoms with Crippen LogP contribution >= 0.6 is 0 Å². The summed E-state index contributed by atoms with van der Waals surface area (Å²) in [7, 11) is 0. The fraction of sp³-hybridized carbons (Fsp3) is 0. The van der Waals surface area contributed by atoms with Gasteiger partial charge in [0.2, 0.25) is 0 Å². The SMILES string of the molecule is O.O.O.O.O.O.[NH2-].[NH2-].[Ni+2]. The predicted octanol–water partition coefficient (Wildman–Crippen LogP) is -3.52. The van der Waals surface area contributed by atoms with Gasteiger partial charge in [-0.3, -0.25) is 0 Å². The van der Waals surface area contributed by atoms with Crippen LogP contribution in [0.4, 0.5) is 0 Å². The quantitative estimate of drug-likeness (QED) is 0.343. The van der Waals surface area contributed by atoms with Crippen LogP contribution in [-0.2, 0) is 16.5 Å². The summed E-state index contributed by atoms with van der Waals surface area (Å²) in [5.41, 5.74) is 0. The Balaban J connectivity index is 0. The molecule has 0 radical (unpaired) electrons. The Hall–Kier alpha value is 0.174. The van der Waals surface area contributed by atoms with Gasteiger partial charge in [-0.1, -0.05) is 0 Å². The summed E-state index contributed by atoms with van der Waals surface area (Å²) >= 11 is 0. The first-order valence-corrected chi connectivity index (χ1v) is 0. The van der Waals surface area contributed by atoms with Crippen LogP contribution in [0.1, 0.15) is 0 Å². The van der Waals surface area contributed by atoms with Crippen LogP contribution in [0.5, 0.6) is 0 Å². The topological polar surface area (TPSA) is 256 Å². The molecular weight excluding hydrogens is 183 g/mol. The van der Waals surface area contributed by atoms with Crippen LogP contribution in [0, 0.1) is 0 Å². The molecule has 0 fully saturated rings. The number of hydrogen-bond donors (Lipinski definition) is 0. The van der Waals surface area contributed by atoms with E-state index in [1.165, 1.54) is 0 Å². The molecule has 8 nitrogen and oxygen atoms in total. The summed E-state index contributed by atoms with van der Waals surface area (Å²) < 4.78 is 0. The number of hydrogen-bond acceptors (Lipinski definition) is 0. The third kappa shape index (κ3) is 10300. The van der Waals surface area contributed by atoms with Gasteiger partial charge >= 0.3 is 16.5 Å². The average Bonchev–Trinajstić information content (AvgIpc) is 0. The molecule has 0 aromatic heterocycles. The maximum Gasteiger partial charge on any atom is 2.00 e. The van der Waals surface area contributed by atoms with E-state index in [1.807, 2.05) is 0 Å². The van der Waals surface area contributed by atoms with Crippen molar-refractivity contribution >= 4 is 0 Å². The first kappa shape index (κ1) is 20400. The van der Waals surface area contributed by atoms with Gasteiger partial charge in [-0.15, -0.1) is 0 Å². The van der Waals surface area contributed by atoms with E-state index in [1.54, 1.807) is 0 Å². The fourth-order valence-electron chi connectivity index (χ4n) is 0. The van der Waals surface area contributed by atoms with E-state index < -0.39 is 0 Å². The predicted molar refractivity (Wildman–Crippen MR) is 32.3 cm³/mol. The van der Waals surface area contributed by atoms with Crippen LogP contribution in [0.3, 0.4) is 0 Å². The second kappa shape index (κ2) is 14000. The van der Waals surface area contributed by atoms with Crippen LogP contribution < -0.4 is 0 Å². The Morgan fingerprint density at radius 1 is 0.333 bits per heavy atom. The molecule has 0 aromatic carbocycles. The summed E-state index contributed by atoms with van der Waals surface area (Å²) in [6.45, 7) is 0. The minimum Gasteiger partial charge on any atom is -0.693 e. The first-order valence-electron chi connectivity index (χ1n) is 0. The van der Waals surface area contributed by atoms with Crippen molar-refractivity contribution in [3.8, 4) is 0 Å². The molecule has 0 amide bonds. The first-order chi connectivity index (χ1) is 0. The second-order valence-corrected chi connectivity index (χ2v) is 0. The summed E-state index contributed by atoms with van der Waals surface area (Å²) in [6.07, 6.45) is 0. The molecule has 9 heavy (non-hydrogen) atoms. The molecule has 0 saturated heterocycles. The van der Waals surface area contributed by atoms with Crippen LogP contribution in [-0.4, -0.2) is 32.9 Å². The zero-order valence-corrected chi connectivity index (χ0v) is 5.46. The van der Waals surface area contributed by atoms with E-state index >= 15 is 0 Å². The molecule has 0 saturated carbocycles. The van der Waals surface area contributed by atoms with Crippen molar-refractivity contribution < 1.29 is 49.3 Å². The van der Waals surface area contributed by atoms with Crippen LogP contribution in [0.15, 0.2) is 0 Å². The second-order valence-electron chi connectivity index (χ2n) is 0. The molecule has 0 aliphatic carbocycles. The van der Waals surface area contributed by atoms with E-state index in [0.717, 1.165) is 0 Å². The fourth-order valence-corrected chi connectivity index (χ4v) is 0. The van der Waals surface area contributed by atoms with E-state index in [2.05, 4.69) is 0 Å². The van der Waals surface area contributed by atoms with Gasteiger partial charge in [0, 0.05) is 0 Å². The van der Waals surface area contributed by atoms with Gasteiger partial charge in [-0.2, -0.15) is 0 Å². The van der Waals surface area contributed by atoms with Gasteiger partial charge in [0.1, 0.15) is 0 Å². The van der Waals surface area contributed by atoms with Crippen LogP contribution in [0.25, 0.3) is 12.3 Å². The van der Waals surface area contributed by atoms with Gasteiger partial charge < -0.3 is 45.2 Å². The zero-order valence-electron chi connectivity index (χ0n) is 4.47. The van der Waals surface area contributed by atoms with Crippen molar-refractivity contribution in [3.63, 3.8) is 0 Å². The number of rotatable bonds is 0. The molecule has 0 heterocycles. The standard InChI is InChI=1S/2H2N.Ni.6H2O/h2*1H2;;6*1H2/q2*-1;+2;;;;;;. The summed E-state index contributed by atoms with van der Waals surface area (Å²) in [5.74, 6) is 0. The third-order valence-corrected chi connectivity index (χ3v) is 0. The van der Waals surface area contributed by atoms with E-state index in [4.69, 9.17) is 0 Å². The van der Waals surface area contributed by atoms with Crippen molar-refractivity contribution in [2.45, 2.75) is 0 Å². The Bertz CT molecular complexity index is 11.0. The maximum absolute atomic E-state index is 0. The molecule has 0 aliphatic heterocycles. The Morgan fingerprint density at radius 3 is 0.333 bits per heavy atom. The van der Waals surface area contributed by atoms with Gasteiger partial charge in [-0.05, 0) is 0 Å². The molecule has 0 atom stereocenters. The molecule has 72 valence electrons. The van der Waals surface area contributed by atoms with E-state index in [-0.39, 0.29) is 61.6 Å². The van der Waals surface area contributed by atoms with Crippen molar-refractivity contribution in [1.82, 2.24) is 0 Å². The largest absolute Gasteiger partial charge is 2.00 e. The Morgan fingerprint density at radius 2 is 0.333 bits per heavy atom. The molecule has 0 aromatic rings. The Kier molecular flexibility index (Phi) is 31600000. The van der Waals surface area contributed by atoms with Crippen LogP contribution in [0.2, 0.25) is 0 Å². The third-order valence-electron chi connectivity index (χ3n) is 0. The average molecular weight is 199 g/mol. The molecule has 9 heteroatoms. The molecule has 0 aliphatic rings. The summed E-state index contributed by atoms with van der Waals surface area (Å²) in [6, 6.07) is 0. The summed E-state index contributed by atoms with van der Waals surface area (Å²) in [5, 5.41) is 0. The van der Waals surface area contributed by atoms with Gasteiger partial charge in [0.05, 0.1) is 0 Å². The molecular formula is H16N2NiO6. The van der Waals surface area contributed by atoms with E-state index in [0.29, 0.717) is 0 Å². The Labute approximate surface area is 62.6 Å². The molecule has 0 unspecified atom stereocenters. The minimum absolute atomic E-state index is 0. The zero-order chi connectivity index (χ0) is 0. The molecule has 0 spiro atoms. The van der Waals surface area contributed by atoms with Gasteiger partial charge in [-0.25, -0.2) is 0 Å². The van der Waals surface area contributed by atoms with Gasteiger partial charge in [0.25, 0.3) is 0 Å². The van der Waals surface area contributed by atoms with Crippen molar-refractivity contribution in [1.29, 1.82) is 0 Å². The summed E-state index contributed by atoms with van der Waals surface area (Å²) in [4.78, 5) is 0. The van der Waals surface area contributed by atoms with Crippen molar-refractivity contribution in [3.05, 3.63) is 12.3 Å². The minimum atomic E-state index is 0. The number of nitrogens with two attached hydrogens (primary N) is 2. The molecule has 0 rings (SSSR count). The van der Waals surface area contributed by atoms with E-state index in [9.17, 15) is 0 Å². The monoisotopic (exact) mass is 198 g/mol. The van der Waals surface area contributed by atoms with Crippen molar-refractivity contribution in [2.24, 2.45) is 0 Å². The molecule has 16 N–H and O–H groups in total. The van der Waals surface area contributed by atoms with Crippen molar-refractivity contribution in [2.75, 3.05) is 0 Å². The normalized spacial score (nSPS) is 0.